The van der Waals surface area contributed by atoms with Crippen LogP contribution in [0.25, 0.3) is 10.9 Å². The molecule has 0 amide bonds. The van der Waals surface area contributed by atoms with Gasteiger partial charge in [-0.1, -0.05) is 15.9 Å². The zero-order chi connectivity index (χ0) is 13.0. The number of hydrogen-bond acceptors (Lipinski definition) is 2. The lowest BCUT2D eigenvalue weighted by Gasteiger charge is -2.08. The predicted molar refractivity (Wildman–Crippen MR) is 77.8 cm³/mol. The molecule has 0 aliphatic carbocycles. The lowest BCUT2D eigenvalue weighted by molar-refractivity contribution is 0.310. The summed E-state index contributed by atoms with van der Waals surface area (Å²) in [6.07, 6.45) is 2.15. The van der Waals surface area contributed by atoms with Gasteiger partial charge < -0.3 is 9.72 Å². The van der Waals surface area contributed by atoms with Crippen molar-refractivity contribution in [2.45, 2.75) is 19.8 Å². The Labute approximate surface area is 114 Å². The molecule has 0 unspecified atom stereocenters. The lowest BCUT2D eigenvalue weighted by atomic mass is 10.1. The largest absolute Gasteiger partial charge is 0.494 e. The van der Waals surface area contributed by atoms with Gasteiger partial charge in [0.1, 0.15) is 5.75 Å². The van der Waals surface area contributed by atoms with Crippen LogP contribution in [-0.2, 0) is 0 Å². The normalized spacial score (nSPS) is 10.8. The van der Waals surface area contributed by atoms with E-state index in [0.717, 1.165) is 47.0 Å². The van der Waals surface area contributed by atoms with Gasteiger partial charge in [0.05, 0.1) is 6.61 Å². The van der Waals surface area contributed by atoms with Gasteiger partial charge in [0, 0.05) is 22.3 Å². The number of fused-ring (bicyclic) bond motifs is 1. The molecule has 0 fully saturated rings. The molecular weight excluding hydrogens is 294 g/mol. The maximum Gasteiger partial charge on any atom is 0.248 e. The van der Waals surface area contributed by atoms with Gasteiger partial charge in [0.15, 0.2) is 0 Å². The van der Waals surface area contributed by atoms with Gasteiger partial charge in [-0.3, -0.25) is 4.79 Å². The Morgan fingerprint density at radius 3 is 2.89 bits per heavy atom. The van der Waals surface area contributed by atoms with Crippen LogP contribution in [0.1, 0.15) is 18.4 Å². The first kappa shape index (κ1) is 13.1. The second-order valence-corrected chi connectivity index (χ2v) is 5.06. The summed E-state index contributed by atoms with van der Waals surface area (Å²) in [7, 11) is 0. The third-order valence-electron chi connectivity index (χ3n) is 2.82. The third kappa shape index (κ3) is 3.13. The quantitative estimate of drug-likeness (QED) is 0.679. The molecule has 0 saturated heterocycles. The summed E-state index contributed by atoms with van der Waals surface area (Å²) in [6.45, 7) is 2.66. The first-order valence-corrected chi connectivity index (χ1v) is 7.15. The van der Waals surface area contributed by atoms with Crippen molar-refractivity contribution in [1.82, 2.24) is 4.98 Å². The molecule has 96 valence electrons. The average molecular weight is 310 g/mol. The van der Waals surface area contributed by atoms with E-state index in [2.05, 4.69) is 20.9 Å². The molecule has 1 aromatic carbocycles. The van der Waals surface area contributed by atoms with E-state index < -0.39 is 0 Å². The highest BCUT2D eigenvalue weighted by molar-refractivity contribution is 9.09. The summed E-state index contributed by atoms with van der Waals surface area (Å²) in [4.78, 5) is 14.2. The van der Waals surface area contributed by atoms with Crippen molar-refractivity contribution >= 4 is 26.8 Å². The van der Waals surface area contributed by atoms with E-state index in [0.29, 0.717) is 0 Å². The number of rotatable bonds is 5. The number of hydrogen-bond donors (Lipinski definition) is 1. The molecule has 3 nitrogen and oxygen atoms in total. The monoisotopic (exact) mass is 309 g/mol. The number of benzene rings is 1. The van der Waals surface area contributed by atoms with E-state index in [1.54, 1.807) is 6.07 Å². The number of H-pyrrole nitrogens is 1. The Morgan fingerprint density at radius 1 is 1.28 bits per heavy atom. The van der Waals surface area contributed by atoms with Crippen LogP contribution in [-0.4, -0.2) is 16.9 Å². The SMILES string of the molecule is Cc1cc(=O)[nH]c2ccc(OCCCCBr)cc12. The van der Waals surface area contributed by atoms with Gasteiger partial charge in [0.25, 0.3) is 0 Å². The second-order valence-electron chi connectivity index (χ2n) is 4.27. The number of aryl methyl sites for hydroxylation is 1. The van der Waals surface area contributed by atoms with E-state index in [9.17, 15) is 4.79 Å². The van der Waals surface area contributed by atoms with E-state index in [4.69, 9.17) is 4.74 Å². The van der Waals surface area contributed by atoms with Crippen molar-refractivity contribution in [3.63, 3.8) is 0 Å². The van der Waals surface area contributed by atoms with Crippen LogP contribution in [0.5, 0.6) is 5.75 Å². The number of alkyl halides is 1. The Kier molecular flexibility index (Phi) is 4.42. The van der Waals surface area contributed by atoms with Gasteiger partial charge in [-0.2, -0.15) is 0 Å². The molecule has 0 atom stereocenters. The Balaban J connectivity index is 2.19. The van der Waals surface area contributed by atoms with Crippen LogP contribution in [0.4, 0.5) is 0 Å². The molecule has 0 aliphatic heterocycles. The number of unbranched alkanes of at least 4 members (excludes halogenated alkanes) is 1. The molecule has 1 N–H and O–H groups in total. The van der Waals surface area contributed by atoms with Crippen molar-refractivity contribution in [2.24, 2.45) is 0 Å². The highest BCUT2D eigenvalue weighted by Crippen LogP contribution is 2.21. The summed E-state index contributed by atoms with van der Waals surface area (Å²) in [5.41, 5.74) is 1.76. The van der Waals surface area contributed by atoms with Gasteiger partial charge in [-0.25, -0.2) is 0 Å². The molecule has 4 heteroatoms. The number of halogens is 1. The molecule has 0 spiro atoms. The third-order valence-corrected chi connectivity index (χ3v) is 3.38. The smallest absolute Gasteiger partial charge is 0.248 e. The molecule has 0 aliphatic rings. The number of aromatic amines is 1. The molecule has 1 heterocycles. The molecular formula is C14H16BrNO2. The standard InChI is InChI=1S/C14H16BrNO2/c1-10-8-14(17)16-13-5-4-11(9-12(10)13)18-7-3-2-6-15/h4-5,8-9H,2-3,6-7H2,1H3,(H,16,17). The Morgan fingerprint density at radius 2 is 2.11 bits per heavy atom. The minimum Gasteiger partial charge on any atom is -0.494 e. The first-order valence-electron chi connectivity index (χ1n) is 6.03. The van der Waals surface area contributed by atoms with Crippen LogP contribution in [0.2, 0.25) is 0 Å². The molecule has 2 rings (SSSR count). The van der Waals surface area contributed by atoms with E-state index in [1.165, 1.54) is 0 Å². The molecule has 1 aromatic heterocycles. The fraction of sp³-hybridized carbons (Fsp3) is 0.357. The van der Waals surface area contributed by atoms with Gasteiger partial charge >= 0.3 is 0 Å². The molecule has 18 heavy (non-hydrogen) atoms. The van der Waals surface area contributed by atoms with Crippen molar-refractivity contribution in [3.05, 3.63) is 40.2 Å². The summed E-state index contributed by atoms with van der Waals surface area (Å²) in [5, 5.41) is 2.04. The average Bonchev–Trinajstić information content (AvgIpc) is 2.35. The van der Waals surface area contributed by atoms with Crippen LogP contribution in [0.3, 0.4) is 0 Å². The van der Waals surface area contributed by atoms with Crippen molar-refractivity contribution in [3.8, 4) is 5.75 Å². The molecule has 0 bridgehead atoms. The summed E-state index contributed by atoms with van der Waals surface area (Å²) < 4.78 is 5.69. The fourth-order valence-corrected chi connectivity index (χ4v) is 2.27. The molecule has 2 aromatic rings. The maximum atomic E-state index is 11.3. The van der Waals surface area contributed by atoms with Gasteiger partial charge in [-0.15, -0.1) is 0 Å². The number of nitrogens with one attached hydrogen (secondary N) is 1. The van der Waals surface area contributed by atoms with E-state index >= 15 is 0 Å². The minimum absolute atomic E-state index is 0.0639. The van der Waals surface area contributed by atoms with Crippen LogP contribution in [0.15, 0.2) is 29.1 Å². The van der Waals surface area contributed by atoms with Gasteiger partial charge in [-0.05, 0) is 43.5 Å². The lowest BCUT2D eigenvalue weighted by Crippen LogP contribution is -2.05. The first-order chi connectivity index (χ1) is 8.70. The Hall–Kier alpha value is -1.29. The number of ether oxygens (including phenoxy) is 1. The number of aromatic nitrogens is 1. The van der Waals surface area contributed by atoms with Crippen LogP contribution in [0, 0.1) is 6.92 Å². The van der Waals surface area contributed by atoms with Crippen molar-refractivity contribution < 1.29 is 4.74 Å². The highest BCUT2D eigenvalue weighted by Gasteiger charge is 2.02. The van der Waals surface area contributed by atoms with Crippen molar-refractivity contribution in [2.75, 3.05) is 11.9 Å². The fourth-order valence-electron chi connectivity index (χ4n) is 1.88. The summed E-state index contributed by atoms with van der Waals surface area (Å²) in [5.74, 6) is 0.854. The zero-order valence-corrected chi connectivity index (χ0v) is 11.9. The Bertz CT molecular complexity index is 592. The van der Waals surface area contributed by atoms with E-state index in [-0.39, 0.29) is 5.56 Å². The van der Waals surface area contributed by atoms with Crippen LogP contribution < -0.4 is 10.3 Å². The minimum atomic E-state index is -0.0639. The zero-order valence-electron chi connectivity index (χ0n) is 10.3. The maximum absolute atomic E-state index is 11.3. The summed E-state index contributed by atoms with van der Waals surface area (Å²) in [6, 6.07) is 7.38. The van der Waals surface area contributed by atoms with Crippen molar-refractivity contribution in [1.29, 1.82) is 0 Å². The second kappa shape index (κ2) is 6.05. The summed E-state index contributed by atoms with van der Waals surface area (Å²) >= 11 is 3.40. The topological polar surface area (TPSA) is 42.1 Å². The van der Waals surface area contributed by atoms with Crippen LogP contribution >= 0.6 is 15.9 Å². The molecule has 0 saturated carbocycles. The predicted octanol–water partition coefficient (Wildman–Crippen LogP) is 3.39. The van der Waals surface area contributed by atoms with E-state index in [1.807, 2.05) is 25.1 Å². The van der Waals surface area contributed by atoms with Gasteiger partial charge in [0.2, 0.25) is 5.56 Å². The highest BCUT2D eigenvalue weighted by atomic mass is 79.9. The molecule has 0 radical (unpaired) electrons. The number of pyridine rings is 1.